The lowest BCUT2D eigenvalue weighted by molar-refractivity contribution is -0.138. The van der Waals surface area contributed by atoms with Gasteiger partial charge >= 0.3 is 5.97 Å². The van der Waals surface area contributed by atoms with Crippen LogP contribution in [0.1, 0.15) is 11.7 Å². The summed E-state index contributed by atoms with van der Waals surface area (Å²) < 4.78 is 5.24. The fourth-order valence-electron chi connectivity index (χ4n) is 1.50. The molecular weight excluding hydrogens is 252 g/mol. The molecule has 1 atom stereocenters. The molecule has 0 saturated carbocycles. The minimum atomic E-state index is -1.09. The van der Waals surface area contributed by atoms with E-state index in [0.29, 0.717) is 16.5 Å². The standard InChI is InChI=1S/C12H12N2O3S/c1-17-9-5-3-2-4-7(9)11-14-8(6-18-11)10(13)12(15)16/h2-6,10H,13H2,1H3,(H,15,16). The lowest BCUT2D eigenvalue weighted by Crippen LogP contribution is -2.20. The molecule has 94 valence electrons. The highest BCUT2D eigenvalue weighted by Gasteiger charge is 2.19. The van der Waals surface area contributed by atoms with Crippen LogP contribution in [0.3, 0.4) is 0 Å². The molecule has 1 aromatic heterocycles. The Balaban J connectivity index is 2.38. The average Bonchev–Trinajstić information content (AvgIpc) is 2.87. The summed E-state index contributed by atoms with van der Waals surface area (Å²) in [6, 6.07) is 6.33. The topological polar surface area (TPSA) is 85.4 Å². The number of rotatable bonds is 4. The third kappa shape index (κ3) is 2.34. The van der Waals surface area contributed by atoms with E-state index >= 15 is 0 Å². The number of thiazole rings is 1. The highest BCUT2D eigenvalue weighted by molar-refractivity contribution is 7.13. The number of carboxylic acids is 1. The smallest absolute Gasteiger partial charge is 0.326 e. The van der Waals surface area contributed by atoms with Crippen LogP contribution in [-0.2, 0) is 4.79 Å². The zero-order chi connectivity index (χ0) is 13.1. The van der Waals surface area contributed by atoms with Gasteiger partial charge in [0.2, 0.25) is 0 Å². The quantitative estimate of drug-likeness (QED) is 0.881. The highest BCUT2D eigenvalue weighted by atomic mass is 32.1. The molecule has 0 amide bonds. The normalized spacial score (nSPS) is 12.1. The van der Waals surface area contributed by atoms with Crippen molar-refractivity contribution >= 4 is 17.3 Å². The van der Waals surface area contributed by atoms with E-state index in [1.54, 1.807) is 12.5 Å². The van der Waals surface area contributed by atoms with Crippen LogP contribution in [-0.4, -0.2) is 23.2 Å². The maximum atomic E-state index is 10.8. The van der Waals surface area contributed by atoms with Crippen molar-refractivity contribution in [2.24, 2.45) is 5.73 Å². The fraction of sp³-hybridized carbons (Fsp3) is 0.167. The number of carboxylic acid groups (broad SMARTS) is 1. The molecular formula is C12H12N2O3S. The van der Waals surface area contributed by atoms with E-state index in [2.05, 4.69) is 4.98 Å². The zero-order valence-electron chi connectivity index (χ0n) is 9.66. The van der Waals surface area contributed by atoms with Crippen LogP contribution in [0.5, 0.6) is 5.75 Å². The maximum Gasteiger partial charge on any atom is 0.326 e. The number of para-hydroxylation sites is 1. The molecule has 1 unspecified atom stereocenters. The van der Waals surface area contributed by atoms with Crippen LogP contribution in [0.25, 0.3) is 10.6 Å². The van der Waals surface area contributed by atoms with Gasteiger partial charge in [0.25, 0.3) is 0 Å². The van der Waals surface area contributed by atoms with Gasteiger partial charge in [0.15, 0.2) is 0 Å². The average molecular weight is 264 g/mol. The van der Waals surface area contributed by atoms with Crippen molar-refractivity contribution < 1.29 is 14.6 Å². The van der Waals surface area contributed by atoms with E-state index < -0.39 is 12.0 Å². The Kier molecular flexibility index (Phi) is 3.59. The summed E-state index contributed by atoms with van der Waals surface area (Å²) in [5.74, 6) is -0.394. The lowest BCUT2D eigenvalue weighted by atomic mass is 10.2. The van der Waals surface area contributed by atoms with Gasteiger partial charge in [-0.15, -0.1) is 11.3 Å². The van der Waals surface area contributed by atoms with E-state index in [4.69, 9.17) is 15.6 Å². The van der Waals surface area contributed by atoms with Crippen molar-refractivity contribution in [3.8, 4) is 16.3 Å². The first kappa shape index (κ1) is 12.5. The van der Waals surface area contributed by atoms with E-state index in [1.807, 2.05) is 24.3 Å². The number of aromatic nitrogens is 1. The molecule has 0 radical (unpaired) electrons. The number of hydrogen-bond acceptors (Lipinski definition) is 5. The summed E-state index contributed by atoms with van der Waals surface area (Å²) in [6.45, 7) is 0. The molecule has 0 aliphatic carbocycles. The minimum Gasteiger partial charge on any atom is -0.496 e. The summed E-state index contributed by atoms with van der Waals surface area (Å²) in [6.07, 6.45) is 0. The van der Waals surface area contributed by atoms with Crippen LogP contribution in [0.4, 0.5) is 0 Å². The van der Waals surface area contributed by atoms with Gasteiger partial charge in [0.1, 0.15) is 16.8 Å². The van der Waals surface area contributed by atoms with Crippen molar-refractivity contribution in [2.75, 3.05) is 7.11 Å². The summed E-state index contributed by atoms with van der Waals surface area (Å²) in [5.41, 5.74) is 6.70. The molecule has 1 aromatic carbocycles. The molecule has 1 heterocycles. The first-order valence-electron chi connectivity index (χ1n) is 5.20. The Morgan fingerprint density at radius 1 is 1.50 bits per heavy atom. The van der Waals surface area contributed by atoms with Crippen molar-refractivity contribution in [2.45, 2.75) is 6.04 Å². The monoisotopic (exact) mass is 264 g/mol. The second kappa shape index (κ2) is 5.16. The lowest BCUT2D eigenvalue weighted by Gasteiger charge is -2.05. The third-order valence-electron chi connectivity index (χ3n) is 2.44. The minimum absolute atomic E-state index is 0.355. The molecule has 0 fully saturated rings. The summed E-state index contributed by atoms with van der Waals surface area (Å²) in [7, 11) is 1.58. The van der Waals surface area contributed by atoms with Crippen LogP contribution in [0, 0.1) is 0 Å². The predicted octanol–water partition coefficient (Wildman–Crippen LogP) is 1.90. The van der Waals surface area contributed by atoms with Crippen LogP contribution in [0.15, 0.2) is 29.6 Å². The van der Waals surface area contributed by atoms with Gasteiger partial charge in [-0.2, -0.15) is 0 Å². The van der Waals surface area contributed by atoms with Crippen molar-refractivity contribution in [1.29, 1.82) is 0 Å². The second-order valence-corrected chi connectivity index (χ2v) is 4.45. The van der Waals surface area contributed by atoms with Gasteiger partial charge in [0, 0.05) is 5.38 Å². The molecule has 2 rings (SSSR count). The highest BCUT2D eigenvalue weighted by Crippen LogP contribution is 2.32. The Hall–Kier alpha value is -1.92. The Bertz CT molecular complexity index is 568. The molecule has 3 N–H and O–H groups in total. The van der Waals surface area contributed by atoms with E-state index in [1.165, 1.54) is 11.3 Å². The molecule has 0 saturated heterocycles. The predicted molar refractivity (Wildman–Crippen MR) is 68.7 cm³/mol. The Morgan fingerprint density at radius 2 is 2.22 bits per heavy atom. The molecule has 0 aliphatic rings. The van der Waals surface area contributed by atoms with E-state index in [-0.39, 0.29) is 0 Å². The van der Waals surface area contributed by atoms with Gasteiger partial charge in [0.05, 0.1) is 18.4 Å². The van der Waals surface area contributed by atoms with Gasteiger partial charge in [-0.05, 0) is 12.1 Å². The van der Waals surface area contributed by atoms with Crippen molar-refractivity contribution in [3.05, 3.63) is 35.3 Å². The number of nitrogens with two attached hydrogens (primary N) is 1. The largest absolute Gasteiger partial charge is 0.496 e. The van der Waals surface area contributed by atoms with Gasteiger partial charge in [-0.25, -0.2) is 4.98 Å². The molecule has 2 aromatic rings. The molecule has 6 heteroatoms. The number of benzene rings is 1. The third-order valence-corrected chi connectivity index (χ3v) is 3.34. The van der Waals surface area contributed by atoms with Crippen LogP contribution >= 0.6 is 11.3 Å². The van der Waals surface area contributed by atoms with Gasteiger partial charge < -0.3 is 15.6 Å². The number of aliphatic carboxylic acids is 1. The summed E-state index contributed by atoms with van der Waals surface area (Å²) in [5, 5.41) is 11.2. The van der Waals surface area contributed by atoms with E-state index in [0.717, 1.165) is 5.56 Å². The van der Waals surface area contributed by atoms with Crippen LogP contribution < -0.4 is 10.5 Å². The SMILES string of the molecule is COc1ccccc1-c1nc(C(N)C(=O)O)cs1. The molecule has 18 heavy (non-hydrogen) atoms. The first-order chi connectivity index (χ1) is 8.63. The van der Waals surface area contributed by atoms with Crippen molar-refractivity contribution in [1.82, 2.24) is 4.98 Å². The van der Waals surface area contributed by atoms with E-state index in [9.17, 15) is 4.79 Å². The zero-order valence-corrected chi connectivity index (χ0v) is 10.5. The number of carbonyl (C=O) groups is 1. The number of methoxy groups -OCH3 is 1. The van der Waals surface area contributed by atoms with Crippen molar-refractivity contribution in [3.63, 3.8) is 0 Å². The summed E-state index contributed by atoms with van der Waals surface area (Å²) >= 11 is 1.34. The number of nitrogens with zero attached hydrogens (tertiary/aromatic N) is 1. The Morgan fingerprint density at radius 3 is 2.89 bits per heavy atom. The Labute approximate surface area is 108 Å². The first-order valence-corrected chi connectivity index (χ1v) is 6.08. The number of ether oxygens (including phenoxy) is 1. The molecule has 0 spiro atoms. The molecule has 5 nitrogen and oxygen atoms in total. The fourth-order valence-corrected chi connectivity index (χ4v) is 2.39. The summed E-state index contributed by atoms with van der Waals surface area (Å²) in [4.78, 5) is 15.0. The van der Waals surface area contributed by atoms with Crippen LogP contribution in [0.2, 0.25) is 0 Å². The molecule has 0 aliphatic heterocycles. The maximum absolute atomic E-state index is 10.8. The number of hydrogen-bond donors (Lipinski definition) is 2. The van der Waals surface area contributed by atoms with Gasteiger partial charge in [-0.1, -0.05) is 12.1 Å². The molecule has 0 bridgehead atoms. The van der Waals surface area contributed by atoms with Gasteiger partial charge in [-0.3, -0.25) is 4.79 Å². The second-order valence-electron chi connectivity index (χ2n) is 3.59.